The first-order valence-electron chi connectivity index (χ1n) is 25.4. The second-order valence-corrected chi connectivity index (χ2v) is 19.8. The molecule has 10 aromatic carbocycles. The van der Waals surface area contributed by atoms with Crippen LogP contribution in [0.4, 0.5) is 34.1 Å². The van der Waals surface area contributed by atoms with Crippen LogP contribution in [0.25, 0.3) is 54.6 Å². The standard InChI is InChI=1S/C66H60N2/c1-45-21-15-17-35-61(45)67(53-33-19-31-51(41-53)47-23-7-3-8-24-47)63-39-37-55-58(50-29-13-6-14-30-50)44-60-64(40-38-56-57(49-27-11-5-12-28-49)43-59(63)65(55)66(56)60)68(62-36-18-16-22-46(62)2)54-34-20-32-52(42-54)48-25-9-4-10-26-48/h3-4,7-10,15-26,31-44,49-50H,5-6,11-14,27-30H2,1-2H3. The van der Waals surface area contributed by atoms with Gasteiger partial charge in [0.25, 0.3) is 0 Å². The smallest absolute Gasteiger partial charge is 0.0540 e. The van der Waals surface area contributed by atoms with E-state index in [-0.39, 0.29) is 0 Å². The summed E-state index contributed by atoms with van der Waals surface area (Å²) in [6.45, 7) is 4.54. The molecule has 2 nitrogen and oxygen atoms in total. The number of anilines is 6. The summed E-state index contributed by atoms with van der Waals surface area (Å²) < 4.78 is 0. The lowest BCUT2D eigenvalue weighted by atomic mass is 9.76. The highest BCUT2D eigenvalue weighted by Crippen LogP contribution is 2.53. The molecule has 68 heavy (non-hydrogen) atoms. The first-order chi connectivity index (χ1) is 33.6. The van der Waals surface area contributed by atoms with Crippen LogP contribution < -0.4 is 9.80 Å². The van der Waals surface area contributed by atoms with Crippen LogP contribution in [0.2, 0.25) is 0 Å². The third-order valence-corrected chi connectivity index (χ3v) is 15.6. The van der Waals surface area contributed by atoms with Crippen molar-refractivity contribution in [2.24, 2.45) is 0 Å². The topological polar surface area (TPSA) is 6.48 Å². The summed E-state index contributed by atoms with van der Waals surface area (Å²) in [5.74, 6) is 1.02. The van der Waals surface area contributed by atoms with Gasteiger partial charge in [-0.1, -0.05) is 172 Å². The zero-order valence-electron chi connectivity index (χ0n) is 39.6. The van der Waals surface area contributed by atoms with Crippen molar-refractivity contribution in [2.75, 3.05) is 9.80 Å². The van der Waals surface area contributed by atoms with Gasteiger partial charge >= 0.3 is 0 Å². The van der Waals surface area contributed by atoms with E-state index in [4.69, 9.17) is 0 Å². The Morgan fingerprint density at radius 1 is 0.309 bits per heavy atom. The van der Waals surface area contributed by atoms with Crippen LogP contribution in [-0.2, 0) is 0 Å². The number of rotatable bonds is 10. The van der Waals surface area contributed by atoms with Crippen LogP contribution in [0.15, 0.2) is 194 Å². The van der Waals surface area contributed by atoms with Crippen LogP contribution in [0, 0.1) is 13.8 Å². The molecule has 0 radical (unpaired) electrons. The number of para-hydroxylation sites is 2. The van der Waals surface area contributed by atoms with Gasteiger partial charge in [-0.3, -0.25) is 0 Å². The van der Waals surface area contributed by atoms with Gasteiger partial charge in [0.05, 0.1) is 11.4 Å². The van der Waals surface area contributed by atoms with Gasteiger partial charge in [0.2, 0.25) is 0 Å². The highest BCUT2D eigenvalue weighted by molar-refractivity contribution is 6.30. The van der Waals surface area contributed by atoms with E-state index in [1.165, 1.54) is 175 Å². The molecule has 0 aromatic heterocycles. The molecule has 12 rings (SSSR count). The molecule has 0 bridgehead atoms. The quantitative estimate of drug-likeness (QED) is 0.126. The molecule has 334 valence electrons. The molecular formula is C66H60N2. The van der Waals surface area contributed by atoms with Crippen molar-refractivity contribution in [3.8, 4) is 22.3 Å². The van der Waals surface area contributed by atoms with Crippen molar-refractivity contribution in [1.82, 2.24) is 0 Å². The van der Waals surface area contributed by atoms with Gasteiger partial charge in [0.15, 0.2) is 0 Å². The van der Waals surface area contributed by atoms with Crippen molar-refractivity contribution < 1.29 is 0 Å². The highest BCUT2D eigenvalue weighted by atomic mass is 15.2. The van der Waals surface area contributed by atoms with Gasteiger partial charge in [-0.15, -0.1) is 0 Å². The molecule has 0 heterocycles. The lowest BCUT2D eigenvalue weighted by molar-refractivity contribution is 0.445. The number of hydrogen-bond donors (Lipinski definition) is 0. The van der Waals surface area contributed by atoms with Crippen molar-refractivity contribution in [2.45, 2.75) is 89.9 Å². The first-order valence-corrected chi connectivity index (χ1v) is 25.4. The molecule has 0 atom stereocenters. The van der Waals surface area contributed by atoms with Crippen molar-refractivity contribution in [3.63, 3.8) is 0 Å². The van der Waals surface area contributed by atoms with Gasteiger partial charge in [-0.25, -0.2) is 0 Å². The molecule has 0 aliphatic heterocycles. The van der Waals surface area contributed by atoms with Crippen LogP contribution >= 0.6 is 0 Å². The predicted molar refractivity (Wildman–Crippen MR) is 292 cm³/mol. The maximum absolute atomic E-state index is 2.68. The second-order valence-electron chi connectivity index (χ2n) is 19.8. The largest absolute Gasteiger partial charge is 0.310 e. The zero-order valence-corrected chi connectivity index (χ0v) is 39.6. The summed E-state index contributed by atoms with van der Waals surface area (Å²) in [4.78, 5) is 5.16. The minimum absolute atomic E-state index is 0.510. The summed E-state index contributed by atoms with van der Waals surface area (Å²) in [6.07, 6.45) is 12.7. The Morgan fingerprint density at radius 3 is 1.10 bits per heavy atom. The molecule has 0 N–H and O–H groups in total. The Morgan fingerprint density at radius 2 is 0.691 bits per heavy atom. The fourth-order valence-electron chi connectivity index (χ4n) is 12.2. The molecule has 2 aliphatic rings. The Labute approximate surface area is 402 Å². The van der Waals surface area contributed by atoms with Gasteiger partial charge in [0.1, 0.15) is 0 Å². The number of nitrogens with zero attached hydrogens (tertiary/aromatic N) is 2. The van der Waals surface area contributed by atoms with E-state index in [9.17, 15) is 0 Å². The maximum Gasteiger partial charge on any atom is 0.0540 e. The lowest BCUT2D eigenvalue weighted by Crippen LogP contribution is -2.14. The normalized spacial score (nSPS) is 14.8. The summed E-state index contributed by atoms with van der Waals surface area (Å²) in [5, 5.41) is 8.40. The molecule has 2 fully saturated rings. The molecule has 0 spiro atoms. The zero-order chi connectivity index (χ0) is 45.6. The van der Waals surface area contributed by atoms with Gasteiger partial charge < -0.3 is 9.80 Å². The Kier molecular flexibility index (Phi) is 11.3. The van der Waals surface area contributed by atoms with Crippen molar-refractivity contribution in [3.05, 3.63) is 216 Å². The van der Waals surface area contributed by atoms with Gasteiger partial charge in [-0.05, 0) is 178 Å². The Balaban J connectivity index is 1.19. The number of hydrogen-bond acceptors (Lipinski definition) is 2. The minimum atomic E-state index is 0.510. The summed E-state index contributed by atoms with van der Waals surface area (Å²) >= 11 is 0. The van der Waals surface area contributed by atoms with E-state index < -0.39 is 0 Å². The fourth-order valence-corrected chi connectivity index (χ4v) is 12.2. The molecule has 0 saturated heterocycles. The third kappa shape index (κ3) is 7.61. The van der Waals surface area contributed by atoms with E-state index in [0.29, 0.717) is 11.8 Å². The van der Waals surface area contributed by atoms with E-state index in [1.807, 2.05) is 0 Å². The van der Waals surface area contributed by atoms with Crippen LogP contribution in [0.3, 0.4) is 0 Å². The van der Waals surface area contributed by atoms with Gasteiger partial charge in [0, 0.05) is 33.5 Å². The van der Waals surface area contributed by atoms with Gasteiger partial charge in [-0.2, -0.15) is 0 Å². The number of aryl methyl sites for hydroxylation is 2. The Bertz CT molecular complexity index is 3160. The molecule has 0 unspecified atom stereocenters. The van der Waals surface area contributed by atoms with Crippen molar-refractivity contribution in [1.29, 1.82) is 0 Å². The summed E-state index contributed by atoms with van der Waals surface area (Å²) in [5.41, 5.74) is 17.7. The summed E-state index contributed by atoms with van der Waals surface area (Å²) in [6, 6.07) is 73.4. The van der Waals surface area contributed by atoms with Crippen LogP contribution in [-0.4, -0.2) is 0 Å². The van der Waals surface area contributed by atoms with Crippen LogP contribution in [0.5, 0.6) is 0 Å². The van der Waals surface area contributed by atoms with Crippen molar-refractivity contribution >= 4 is 66.4 Å². The highest BCUT2D eigenvalue weighted by Gasteiger charge is 2.30. The lowest BCUT2D eigenvalue weighted by Gasteiger charge is -2.33. The second kappa shape index (κ2) is 18.1. The van der Waals surface area contributed by atoms with E-state index >= 15 is 0 Å². The average Bonchev–Trinajstić information content (AvgIpc) is 3.40. The molecule has 2 heteroatoms. The first kappa shape index (κ1) is 42.2. The van der Waals surface area contributed by atoms with Crippen LogP contribution in [0.1, 0.15) is 98.3 Å². The monoisotopic (exact) mass is 880 g/mol. The molecule has 0 amide bonds. The van der Waals surface area contributed by atoms with E-state index in [2.05, 4.69) is 218 Å². The van der Waals surface area contributed by atoms with E-state index in [0.717, 1.165) is 0 Å². The number of benzene rings is 10. The molecule has 2 saturated carbocycles. The molecular weight excluding hydrogens is 821 g/mol. The Hall–Kier alpha value is -7.16. The predicted octanol–water partition coefficient (Wildman–Crippen LogP) is 19.6. The van der Waals surface area contributed by atoms with E-state index in [1.54, 1.807) is 0 Å². The molecule has 10 aromatic rings. The summed E-state index contributed by atoms with van der Waals surface area (Å²) in [7, 11) is 0. The fraction of sp³-hybridized carbons (Fsp3) is 0.212. The average molecular weight is 881 g/mol. The maximum atomic E-state index is 2.68. The SMILES string of the molecule is Cc1ccccc1N(c1cccc(-c2ccccc2)c1)c1ccc2c(C3CCCCC3)cc3c(N(c4cccc(-c5ccccc5)c4)c4ccccc4C)ccc4c(C5CCCCC5)cc1c2c43. The third-order valence-electron chi connectivity index (χ3n) is 15.6. The minimum Gasteiger partial charge on any atom is -0.310 e. The molecule has 2 aliphatic carbocycles.